The van der Waals surface area contributed by atoms with E-state index in [0.29, 0.717) is 5.88 Å². The summed E-state index contributed by atoms with van der Waals surface area (Å²) in [4.78, 5) is 8.21. The molecule has 0 radical (unpaired) electrons. The molecule has 72 valence electrons. The minimum Gasteiger partial charge on any atom is -0.306 e. The second kappa shape index (κ2) is 3.80. The maximum Gasteiger partial charge on any atom is 0.0991 e. The third kappa shape index (κ3) is 1.63. The predicted octanol–water partition coefficient (Wildman–Crippen LogP) is 2.31. The minimum absolute atomic E-state index is 0.459. The Bertz CT molecular complexity index is 423. The van der Waals surface area contributed by atoms with E-state index in [1.807, 2.05) is 23.8 Å². The molecule has 0 unspecified atom stereocenters. The van der Waals surface area contributed by atoms with Gasteiger partial charge in [-0.25, -0.2) is 4.98 Å². The molecule has 0 aromatic carbocycles. The Balaban J connectivity index is 2.55. The van der Waals surface area contributed by atoms with Gasteiger partial charge in [-0.2, -0.15) is 0 Å². The summed E-state index contributed by atoms with van der Waals surface area (Å²) in [6.45, 7) is 1.96. The predicted molar refractivity (Wildman–Crippen MR) is 55.7 cm³/mol. The molecule has 0 N–H and O–H groups in total. The van der Waals surface area contributed by atoms with Gasteiger partial charge in [-0.3, -0.25) is 4.98 Å². The molecule has 0 amide bonds. The quantitative estimate of drug-likeness (QED) is 0.708. The van der Waals surface area contributed by atoms with E-state index in [-0.39, 0.29) is 0 Å². The molecule has 0 atom stereocenters. The van der Waals surface area contributed by atoms with Crippen molar-refractivity contribution in [3.63, 3.8) is 0 Å². The van der Waals surface area contributed by atoms with Gasteiger partial charge in [-0.15, -0.1) is 11.6 Å². The van der Waals surface area contributed by atoms with Crippen molar-refractivity contribution < 1.29 is 0 Å². The number of hydrogen-bond donors (Lipinski definition) is 0. The fourth-order valence-electron chi connectivity index (χ4n) is 1.32. The average molecular weight is 208 g/mol. The Morgan fingerprint density at radius 2 is 2.36 bits per heavy atom. The number of nitrogens with zero attached hydrogens (tertiary/aromatic N) is 3. The number of pyridine rings is 1. The summed E-state index contributed by atoms with van der Waals surface area (Å²) in [6, 6.07) is 2.00. The van der Waals surface area contributed by atoms with Crippen LogP contribution in [0.3, 0.4) is 0 Å². The van der Waals surface area contributed by atoms with Crippen LogP contribution in [0, 0.1) is 6.92 Å². The molecule has 2 rings (SSSR count). The lowest BCUT2D eigenvalue weighted by Gasteiger charge is -2.07. The van der Waals surface area contributed by atoms with Gasteiger partial charge in [0.25, 0.3) is 0 Å². The molecule has 0 saturated heterocycles. The second-order valence-corrected chi connectivity index (χ2v) is 3.33. The van der Waals surface area contributed by atoms with Gasteiger partial charge in [0, 0.05) is 29.8 Å². The molecule has 0 aliphatic rings. The van der Waals surface area contributed by atoms with Crippen LogP contribution in [0.1, 0.15) is 11.3 Å². The maximum absolute atomic E-state index is 5.83. The van der Waals surface area contributed by atoms with Gasteiger partial charge in [0.1, 0.15) is 0 Å². The van der Waals surface area contributed by atoms with Crippen LogP contribution in [0.4, 0.5) is 0 Å². The van der Waals surface area contributed by atoms with E-state index in [1.165, 1.54) is 0 Å². The van der Waals surface area contributed by atoms with Crippen LogP contribution in [0.2, 0.25) is 0 Å². The Labute approximate surface area is 87.4 Å². The third-order valence-electron chi connectivity index (χ3n) is 2.03. The monoisotopic (exact) mass is 207 g/mol. The zero-order valence-corrected chi connectivity index (χ0v) is 8.57. The number of rotatable bonds is 2. The van der Waals surface area contributed by atoms with Crippen LogP contribution in [-0.2, 0) is 5.88 Å². The van der Waals surface area contributed by atoms with Gasteiger partial charge in [-0.05, 0) is 13.0 Å². The van der Waals surface area contributed by atoms with Crippen LogP contribution in [0.15, 0.2) is 31.0 Å². The van der Waals surface area contributed by atoms with Gasteiger partial charge in [0.05, 0.1) is 17.9 Å². The highest BCUT2D eigenvalue weighted by Gasteiger charge is 2.03. The number of aromatic nitrogens is 3. The zero-order valence-electron chi connectivity index (χ0n) is 7.81. The average Bonchev–Trinajstić information content (AvgIpc) is 2.70. The molecular weight excluding hydrogens is 198 g/mol. The van der Waals surface area contributed by atoms with Crippen molar-refractivity contribution in [1.82, 2.24) is 14.5 Å². The van der Waals surface area contributed by atoms with Crippen LogP contribution in [0.25, 0.3) is 5.69 Å². The number of alkyl halides is 1. The Morgan fingerprint density at radius 3 is 3.00 bits per heavy atom. The zero-order chi connectivity index (χ0) is 9.97. The normalized spacial score (nSPS) is 10.4. The fourth-order valence-corrected chi connectivity index (χ4v) is 1.52. The second-order valence-electron chi connectivity index (χ2n) is 3.06. The molecule has 4 heteroatoms. The number of aryl methyl sites for hydroxylation is 1. The first kappa shape index (κ1) is 9.21. The highest BCUT2D eigenvalue weighted by molar-refractivity contribution is 6.17. The van der Waals surface area contributed by atoms with Crippen molar-refractivity contribution in [2.24, 2.45) is 0 Å². The Morgan fingerprint density at radius 1 is 1.50 bits per heavy atom. The van der Waals surface area contributed by atoms with E-state index in [0.717, 1.165) is 16.9 Å². The van der Waals surface area contributed by atoms with E-state index < -0.39 is 0 Å². The van der Waals surface area contributed by atoms with Crippen LogP contribution < -0.4 is 0 Å². The van der Waals surface area contributed by atoms with Crippen LogP contribution in [0.5, 0.6) is 0 Å². The Hall–Kier alpha value is -1.35. The minimum atomic E-state index is 0.459. The van der Waals surface area contributed by atoms with Crippen molar-refractivity contribution in [2.45, 2.75) is 12.8 Å². The Kier molecular flexibility index (Phi) is 2.50. The summed E-state index contributed by atoms with van der Waals surface area (Å²) in [5.41, 5.74) is 3.03. The number of imidazole rings is 1. The number of hydrogen-bond acceptors (Lipinski definition) is 2. The van der Waals surface area contributed by atoms with Crippen LogP contribution in [-0.4, -0.2) is 14.5 Å². The molecule has 0 fully saturated rings. The molecular formula is C10H10ClN3. The molecule has 0 bridgehead atoms. The first-order valence-electron chi connectivity index (χ1n) is 4.31. The lowest BCUT2D eigenvalue weighted by molar-refractivity contribution is 1.01. The molecule has 2 aromatic rings. The first-order chi connectivity index (χ1) is 6.81. The first-order valence-corrected chi connectivity index (χ1v) is 4.84. The molecule has 2 aromatic heterocycles. The highest BCUT2D eigenvalue weighted by Crippen LogP contribution is 2.16. The summed E-state index contributed by atoms with van der Waals surface area (Å²) in [7, 11) is 0. The molecule has 0 saturated carbocycles. The van der Waals surface area contributed by atoms with E-state index in [2.05, 4.69) is 9.97 Å². The molecule has 2 heterocycles. The molecule has 14 heavy (non-hydrogen) atoms. The SMILES string of the molecule is Cc1cc(-n2ccnc2)c(CCl)cn1. The number of halogens is 1. The van der Waals surface area contributed by atoms with Gasteiger partial charge in [0.15, 0.2) is 0 Å². The fraction of sp³-hybridized carbons (Fsp3) is 0.200. The lowest BCUT2D eigenvalue weighted by atomic mass is 10.2. The molecule has 0 aliphatic carbocycles. The van der Waals surface area contributed by atoms with Crippen molar-refractivity contribution in [3.05, 3.63) is 42.2 Å². The molecule has 0 aliphatic heterocycles. The maximum atomic E-state index is 5.83. The van der Waals surface area contributed by atoms with Gasteiger partial charge in [-0.1, -0.05) is 0 Å². The smallest absolute Gasteiger partial charge is 0.0991 e. The van der Waals surface area contributed by atoms with E-state index in [9.17, 15) is 0 Å². The molecule has 0 spiro atoms. The highest BCUT2D eigenvalue weighted by atomic mass is 35.5. The van der Waals surface area contributed by atoms with Gasteiger partial charge in [0.2, 0.25) is 0 Å². The van der Waals surface area contributed by atoms with E-state index >= 15 is 0 Å². The largest absolute Gasteiger partial charge is 0.306 e. The van der Waals surface area contributed by atoms with Crippen molar-refractivity contribution in [3.8, 4) is 5.69 Å². The summed E-state index contributed by atoms with van der Waals surface area (Å²) >= 11 is 5.83. The third-order valence-corrected chi connectivity index (χ3v) is 2.31. The van der Waals surface area contributed by atoms with E-state index in [1.54, 1.807) is 18.7 Å². The summed E-state index contributed by atoms with van der Waals surface area (Å²) in [5.74, 6) is 0.459. The van der Waals surface area contributed by atoms with Crippen molar-refractivity contribution in [1.29, 1.82) is 0 Å². The van der Waals surface area contributed by atoms with Crippen molar-refractivity contribution in [2.75, 3.05) is 0 Å². The van der Waals surface area contributed by atoms with Crippen molar-refractivity contribution >= 4 is 11.6 Å². The summed E-state index contributed by atoms with van der Waals surface area (Å²) in [5, 5.41) is 0. The molecule has 3 nitrogen and oxygen atoms in total. The lowest BCUT2D eigenvalue weighted by Crippen LogP contribution is -1.98. The summed E-state index contributed by atoms with van der Waals surface area (Å²) < 4.78 is 1.94. The van der Waals surface area contributed by atoms with Crippen LogP contribution >= 0.6 is 11.6 Å². The van der Waals surface area contributed by atoms with E-state index in [4.69, 9.17) is 11.6 Å². The van der Waals surface area contributed by atoms with Gasteiger partial charge < -0.3 is 4.57 Å². The summed E-state index contributed by atoms with van der Waals surface area (Å²) in [6.07, 6.45) is 7.20. The standard InChI is InChI=1S/C10H10ClN3/c1-8-4-10(9(5-11)6-13-8)14-3-2-12-7-14/h2-4,6-7H,5H2,1H3. The topological polar surface area (TPSA) is 30.7 Å². The van der Waals surface area contributed by atoms with Gasteiger partial charge >= 0.3 is 0 Å².